The molecule has 2 saturated heterocycles. The lowest BCUT2D eigenvalue weighted by molar-refractivity contribution is -0.0569. The van der Waals surface area contributed by atoms with Crippen LogP contribution in [0.3, 0.4) is 0 Å². The van der Waals surface area contributed by atoms with Crippen molar-refractivity contribution in [3.63, 3.8) is 0 Å². The second kappa shape index (κ2) is 6.03. The zero-order valence-corrected chi connectivity index (χ0v) is 14.1. The second-order valence-corrected chi connectivity index (χ2v) is 6.99. The Morgan fingerprint density at radius 3 is 2.54 bits per heavy atom. The smallest absolute Gasteiger partial charge is 0.274 e. The van der Waals surface area contributed by atoms with E-state index in [9.17, 15) is 4.79 Å². The maximum atomic E-state index is 12.5. The molecule has 24 heavy (non-hydrogen) atoms. The van der Waals surface area contributed by atoms with Gasteiger partial charge in [-0.3, -0.25) is 9.78 Å². The fourth-order valence-corrected chi connectivity index (χ4v) is 3.70. The Hall–Kier alpha value is -2.18. The topological polar surface area (TPSA) is 70.9 Å². The first-order valence-corrected chi connectivity index (χ1v) is 8.73. The van der Waals surface area contributed by atoms with Crippen LogP contribution in [0.25, 0.3) is 0 Å². The number of aromatic nitrogens is 2. The molecule has 0 unspecified atom stereocenters. The van der Waals surface area contributed by atoms with Gasteiger partial charge >= 0.3 is 0 Å². The molecule has 3 aliphatic rings. The molecule has 1 aromatic rings. The first kappa shape index (κ1) is 15.4. The van der Waals surface area contributed by atoms with Gasteiger partial charge in [0.05, 0.1) is 18.3 Å². The summed E-state index contributed by atoms with van der Waals surface area (Å²) in [5.41, 5.74) is 1.01. The van der Waals surface area contributed by atoms with Crippen LogP contribution in [0.15, 0.2) is 17.5 Å². The lowest BCUT2D eigenvalue weighted by Gasteiger charge is -2.37. The number of amides is 1. The highest BCUT2D eigenvalue weighted by Crippen LogP contribution is 2.36. The lowest BCUT2D eigenvalue weighted by atomic mass is 9.88. The van der Waals surface area contributed by atoms with Crippen LogP contribution in [0.1, 0.15) is 48.3 Å². The molecule has 4 heterocycles. The van der Waals surface area contributed by atoms with Crippen LogP contribution >= 0.6 is 0 Å². The van der Waals surface area contributed by atoms with E-state index in [0.29, 0.717) is 18.8 Å². The van der Waals surface area contributed by atoms with E-state index >= 15 is 0 Å². The predicted octanol–water partition coefficient (Wildman–Crippen LogP) is 1.59. The minimum Gasteiger partial charge on any atom is -0.387 e. The van der Waals surface area contributed by atoms with Crippen LogP contribution in [0.4, 0.5) is 0 Å². The highest BCUT2D eigenvalue weighted by Gasteiger charge is 2.44. The third kappa shape index (κ3) is 2.83. The SMILES string of the molecule is Cc1cnc(C(=O)N2CCC3(CC2)CC(N2CCCC2)=NO3)cn1. The number of oxime groups is 1. The summed E-state index contributed by atoms with van der Waals surface area (Å²) in [7, 11) is 0. The summed E-state index contributed by atoms with van der Waals surface area (Å²) < 4.78 is 0. The maximum absolute atomic E-state index is 12.5. The van der Waals surface area contributed by atoms with Gasteiger partial charge < -0.3 is 14.6 Å². The van der Waals surface area contributed by atoms with Gasteiger partial charge in [-0.15, -0.1) is 0 Å². The van der Waals surface area contributed by atoms with Crippen LogP contribution < -0.4 is 0 Å². The molecule has 1 amide bonds. The monoisotopic (exact) mass is 329 g/mol. The van der Waals surface area contributed by atoms with Crippen LogP contribution in [-0.4, -0.2) is 63.3 Å². The molecule has 0 aromatic carbocycles. The minimum atomic E-state index is -0.215. The predicted molar refractivity (Wildman–Crippen MR) is 88.6 cm³/mol. The van der Waals surface area contributed by atoms with Gasteiger partial charge in [-0.25, -0.2) is 4.98 Å². The first-order chi connectivity index (χ1) is 11.7. The Bertz CT molecular complexity index is 643. The molecular formula is C17H23N5O2. The Morgan fingerprint density at radius 1 is 1.12 bits per heavy atom. The number of carbonyl (C=O) groups excluding carboxylic acids is 1. The molecule has 4 rings (SSSR count). The number of nitrogens with zero attached hydrogens (tertiary/aromatic N) is 5. The van der Waals surface area contributed by atoms with E-state index in [2.05, 4.69) is 20.0 Å². The van der Waals surface area contributed by atoms with Gasteiger partial charge in [0, 0.05) is 45.2 Å². The average Bonchev–Trinajstić information content (AvgIpc) is 3.26. The highest BCUT2D eigenvalue weighted by molar-refractivity contribution is 5.92. The molecule has 7 heteroatoms. The quantitative estimate of drug-likeness (QED) is 0.782. The van der Waals surface area contributed by atoms with Crippen molar-refractivity contribution in [1.82, 2.24) is 19.8 Å². The zero-order chi connectivity index (χ0) is 16.6. The summed E-state index contributed by atoms with van der Waals surface area (Å²) in [5.74, 6) is 1.05. The van der Waals surface area contributed by atoms with Gasteiger partial charge in [0.1, 0.15) is 17.1 Å². The summed E-state index contributed by atoms with van der Waals surface area (Å²) in [6.07, 6.45) is 8.19. The van der Waals surface area contributed by atoms with E-state index in [1.807, 2.05) is 11.8 Å². The average molecular weight is 329 g/mol. The van der Waals surface area contributed by atoms with Crippen molar-refractivity contribution in [1.29, 1.82) is 0 Å². The summed E-state index contributed by atoms with van der Waals surface area (Å²) >= 11 is 0. The van der Waals surface area contributed by atoms with E-state index in [0.717, 1.165) is 43.9 Å². The largest absolute Gasteiger partial charge is 0.387 e. The molecule has 0 saturated carbocycles. The Balaban J connectivity index is 1.35. The van der Waals surface area contributed by atoms with Crippen LogP contribution in [-0.2, 0) is 4.84 Å². The van der Waals surface area contributed by atoms with Crippen molar-refractivity contribution in [2.75, 3.05) is 26.2 Å². The van der Waals surface area contributed by atoms with E-state index in [1.54, 1.807) is 12.4 Å². The summed E-state index contributed by atoms with van der Waals surface area (Å²) in [6, 6.07) is 0. The minimum absolute atomic E-state index is 0.0453. The third-order valence-corrected chi connectivity index (χ3v) is 5.26. The molecule has 1 aromatic heterocycles. The van der Waals surface area contributed by atoms with Gasteiger partial charge in [0.2, 0.25) is 0 Å². The van der Waals surface area contributed by atoms with E-state index in [1.165, 1.54) is 12.8 Å². The molecule has 7 nitrogen and oxygen atoms in total. The Kier molecular flexibility index (Phi) is 3.86. The van der Waals surface area contributed by atoms with E-state index < -0.39 is 0 Å². The number of piperidine rings is 1. The normalized spacial score (nSPS) is 22.6. The molecule has 0 radical (unpaired) electrons. The number of rotatable bonds is 1. The maximum Gasteiger partial charge on any atom is 0.274 e. The van der Waals surface area contributed by atoms with Crippen LogP contribution in [0, 0.1) is 6.92 Å². The van der Waals surface area contributed by atoms with Crippen molar-refractivity contribution < 1.29 is 9.63 Å². The van der Waals surface area contributed by atoms with E-state index in [4.69, 9.17) is 4.84 Å². The molecule has 0 N–H and O–H groups in total. The van der Waals surface area contributed by atoms with Crippen molar-refractivity contribution in [2.45, 2.75) is 44.6 Å². The highest BCUT2D eigenvalue weighted by atomic mass is 16.7. The van der Waals surface area contributed by atoms with Gasteiger partial charge in [-0.05, 0) is 19.8 Å². The summed E-state index contributed by atoms with van der Waals surface area (Å²) in [6.45, 7) is 5.40. The second-order valence-electron chi connectivity index (χ2n) is 6.99. The van der Waals surface area contributed by atoms with Gasteiger partial charge in [0.25, 0.3) is 5.91 Å². The van der Waals surface area contributed by atoms with Crippen molar-refractivity contribution in [2.24, 2.45) is 5.16 Å². The Morgan fingerprint density at radius 2 is 1.88 bits per heavy atom. The number of hydrogen-bond donors (Lipinski definition) is 0. The van der Waals surface area contributed by atoms with Gasteiger partial charge in [-0.1, -0.05) is 5.16 Å². The fourth-order valence-electron chi connectivity index (χ4n) is 3.70. The van der Waals surface area contributed by atoms with Gasteiger partial charge in [-0.2, -0.15) is 0 Å². The molecule has 0 bridgehead atoms. The van der Waals surface area contributed by atoms with Crippen LogP contribution in [0.2, 0.25) is 0 Å². The van der Waals surface area contributed by atoms with Crippen molar-refractivity contribution in [3.8, 4) is 0 Å². The number of amidine groups is 1. The lowest BCUT2D eigenvalue weighted by Crippen LogP contribution is -2.47. The standard InChI is InChI=1S/C17H23N5O2/c1-13-11-19-14(12-18-13)16(23)22-8-4-17(5-9-22)10-15(20-24-17)21-6-2-3-7-21/h11-12H,2-10H2,1H3. The fraction of sp³-hybridized carbons (Fsp3) is 0.647. The summed E-state index contributed by atoms with van der Waals surface area (Å²) in [5, 5.41) is 4.35. The van der Waals surface area contributed by atoms with Crippen LogP contribution in [0.5, 0.6) is 0 Å². The molecule has 2 fully saturated rings. The molecule has 1 spiro atoms. The zero-order valence-electron chi connectivity index (χ0n) is 14.1. The third-order valence-electron chi connectivity index (χ3n) is 5.26. The molecule has 3 aliphatic heterocycles. The van der Waals surface area contributed by atoms with Crippen molar-refractivity contribution in [3.05, 3.63) is 23.8 Å². The molecular weight excluding hydrogens is 306 g/mol. The van der Waals surface area contributed by atoms with Crippen molar-refractivity contribution >= 4 is 11.7 Å². The number of aryl methyl sites for hydroxylation is 1. The molecule has 0 atom stereocenters. The Labute approximate surface area is 141 Å². The van der Waals surface area contributed by atoms with Gasteiger partial charge in [0.15, 0.2) is 0 Å². The first-order valence-electron chi connectivity index (χ1n) is 8.73. The number of likely N-dealkylation sites (tertiary alicyclic amines) is 2. The number of hydrogen-bond acceptors (Lipinski definition) is 6. The van der Waals surface area contributed by atoms with E-state index in [-0.39, 0.29) is 11.5 Å². The number of carbonyl (C=O) groups is 1. The molecule has 128 valence electrons. The summed E-state index contributed by atoms with van der Waals surface area (Å²) in [4.78, 5) is 30.9. The molecule has 0 aliphatic carbocycles.